The Labute approximate surface area is 326 Å². The first-order valence-electron chi connectivity index (χ1n) is 18.4. The molecule has 0 aliphatic carbocycles. The molecule has 0 atom stereocenters. The van der Waals surface area contributed by atoms with E-state index in [0.29, 0.717) is 29.6 Å². The van der Waals surface area contributed by atoms with Gasteiger partial charge in [0.2, 0.25) is 5.91 Å². The molecule has 298 valence electrons. The van der Waals surface area contributed by atoms with Crippen molar-refractivity contribution in [3.8, 4) is 5.75 Å². The van der Waals surface area contributed by atoms with Crippen LogP contribution in [0.1, 0.15) is 56.7 Å². The van der Waals surface area contributed by atoms with Gasteiger partial charge in [0.25, 0.3) is 11.8 Å². The lowest BCUT2D eigenvalue weighted by Gasteiger charge is -2.38. The van der Waals surface area contributed by atoms with Crippen molar-refractivity contribution in [1.29, 1.82) is 0 Å². The summed E-state index contributed by atoms with van der Waals surface area (Å²) in [6.45, 7) is 2.66. The van der Waals surface area contributed by atoms with Crippen LogP contribution in [0.15, 0.2) is 72.9 Å². The Hall–Kier alpha value is -6.36. The van der Waals surface area contributed by atoms with E-state index >= 15 is 0 Å². The van der Waals surface area contributed by atoms with E-state index in [9.17, 15) is 32.3 Å². The van der Waals surface area contributed by atoms with Crippen molar-refractivity contribution >= 4 is 52.3 Å². The van der Waals surface area contributed by atoms with Gasteiger partial charge in [0, 0.05) is 68.7 Å². The first-order chi connectivity index (χ1) is 27.3. The molecule has 3 aliphatic heterocycles. The van der Waals surface area contributed by atoms with Crippen LogP contribution in [0.5, 0.6) is 5.75 Å². The van der Waals surface area contributed by atoms with Gasteiger partial charge in [-0.05, 0) is 61.3 Å². The highest BCUT2D eigenvalue weighted by Gasteiger charge is 2.37. The van der Waals surface area contributed by atoms with Gasteiger partial charge >= 0.3 is 12.2 Å². The predicted molar refractivity (Wildman–Crippen MR) is 207 cm³/mol. The van der Waals surface area contributed by atoms with Crippen LogP contribution in [0.2, 0.25) is 0 Å². The molecule has 4 aromatic rings. The number of alkyl halides is 3. The number of imide groups is 1. The van der Waals surface area contributed by atoms with E-state index in [1.54, 1.807) is 24.3 Å². The first-order valence-corrected chi connectivity index (χ1v) is 18.4. The smallest absolute Gasteiger partial charge is 0.419 e. The number of fused-ring (bicyclic) bond motifs is 1. The minimum atomic E-state index is -4.71. The third-order valence-electron chi connectivity index (χ3n) is 10.5. The van der Waals surface area contributed by atoms with E-state index in [2.05, 4.69) is 43.1 Å². The normalized spacial score (nSPS) is 16.1. The number of benzene rings is 3. The number of rotatable bonds is 11. The number of piperidine rings is 1. The molecule has 0 unspecified atom stereocenters. The van der Waals surface area contributed by atoms with Crippen molar-refractivity contribution in [3.05, 3.63) is 101 Å². The Morgan fingerprint density at radius 2 is 1.72 bits per heavy atom. The first kappa shape index (κ1) is 38.9. The van der Waals surface area contributed by atoms with Crippen LogP contribution in [-0.4, -0.2) is 90.5 Å². The van der Waals surface area contributed by atoms with E-state index in [-0.39, 0.29) is 54.1 Å². The summed E-state index contributed by atoms with van der Waals surface area (Å²) in [5.74, 6) is -0.445. The highest BCUT2D eigenvalue weighted by molar-refractivity contribution is 6.02. The Kier molecular flexibility index (Phi) is 10.9. The minimum absolute atomic E-state index is 0.136. The molecule has 2 saturated heterocycles. The van der Waals surface area contributed by atoms with Crippen molar-refractivity contribution < 1.29 is 37.1 Å². The second-order valence-corrected chi connectivity index (χ2v) is 14.1. The van der Waals surface area contributed by atoms with Crippen LogP contribution in [0.3, 0.4) is 0 Å². The van der Waals surface area contributed by atoms with Gasteiger partial charge in [0.15, 0.2) is 0 Å². The lowest BCUT2D eigenvalue weighted by molar-refractivity contribution is -0.137. The standard InChI is InChI=1S/C40H42F3N9O5/c1-44-37(54)29-6-4-5-7-31(29)46-33-20-35(45-21-30(33)40(41,42)43)47-32-11-9-27(19-34(32)57-3)50-15-12-26(13-16-50)49(2)22-24-8-10-28-25(18-24)23-52(38(28)55)51-17-14-36(53)48-39(51)56/h4-11,18-21,26H,12-17,22-23H2,1-3H3,(H,44,54)(H2,45,46,47)(H,48,53,56). The van der Waals surface area contributed by atoms with E-state index in [1.807, 2.05) is 24.3 Å². The average Bonchev–Trinajstić information content (AvgIpc) is 3.52. The van der Waals surface area contributed by atoms with Crippen LogP contribution in [-0.2, 0) is 24.1 Å². The van der Waals surface area contributed by atoms with Crippen LogP contribution in [0.4, 0.5) is 46.5 Å². The van der Waals surface area contributed by atoms with Crippen LogP contribution < -0.4 is 30.9 Å². The van der Waals surface area contributed by atoms with Gasteiger partial charge in [-0.25, -0.2) is 19.8 Å². The molecule has 0 bridgehead atoms. The summed E-state index contributed by atoms with van der Waals surface area (Å²) >= 11 is 0. The van der Waals surface area contributed by atoms with Gasteiger partial charge in [0.1, 0.15) is 11.6 Å². The van der Waals surface area contributed by atoms with Gasteiger partial charge in [-0.1, -0.05) is 24.3 Å². The number of pyridine rings is 1. The van der Waals surface area contributed by atoms with E-state index in [0.717, 1.165) is 48.9 Å². The molecule has 0 saturated carbocycles. The Morgan fingerprint density at radius 3 is 2.44 bits per heavy atom. The zero-order valence-electron chi connectivity index (χ0n) is 31.6. The number of methoxy groups -OCH3 is 1. The molecule has 4 N–H and O–H groups in total. The summed E-state index contributed by atoms with van der Waals surface area (Å²) < 4.78 is 47.8. The van der Waals surface area contributed by atoms with Gasteiger partial charge in [-0.2, -0.15) is 13.2 Å². The molecule has 7 rings (SSSR count). The summed E-state index contributed by atoms with van der Waals surface area (Å²) in [6.07, 6.45) is -2.03. The maximum Gasteiger partial charge on any atom is 0.419 e. The molecule has 2 fully saturated rings. The van der Waals surface area contributed by atoms with Gasteiger partial charge in [0.05, 0.1) is 48.4 Å². The van der Waals surface area contributed by atoms with Gasteiger partial charge in [-0.15, -0.1) is 0 Å². The summed E-state index contributed by atoms with van der Waals surface area (Å²) in [4.78, 5) is 58.0. The van der Waals surface area contributed by atoms with E-state index < -0.39 is 23.7 Å². The topological polar surface area (TPSA) is 151 Å². The Bertz CT molecular complexity index is 2210. The maximum atomic E-state index is 14.0. The van der Waals surface area contributed by atoms with Gasteiger partial charge in [-0.3, -0.25) is 24.6 Å². The average molecular weight is 786 g/mol. The van der Waals surface area contributed by atoms with Crippen LogP contribution in [0, 0.1) is 0 Å². The molecule has 3 aliphatic rings. The number of carbonyl (C=O) groups is 4. The van der Waals surface area contributed by atoms with Gasteiger partial charge < -0.3 is 25.6 Å². The number of halogens is 3. The summed E-state index contributed by atoms with van der Waals surface area (Å²) in [6, 6.07) is 18.6. The number of anilines is 5. The molecule has 5 amide bonds. The van der Waals surface area contributed by atoms with E-state index in [1.165, 1.54) is 42.4 Å². The molecule has 0 spiro atoms. The third-order valence-corrected chi connectivity index (χ3v) is 10.5. The fourth-order valence-corrected chi connectivity index (χ4v) is 7.46. The molecular formula is C40H42F3N9O5. The SMILES string of the molecule is CNC(=O)c1ccccc1Nc1cc(Nc2ccc(N3CCC(N(C)Cc4ccc5c(c4)CN(N4CCC(=O)NC4=O)C5=O)CC3)cc2OC)ncc1C(F)(F)F. The number of aromatic nitrogens is 1. The van der Waals surface area contributed by atoms with Crippen molar-refractivity contribution in [1.82, 2.24) is 30.5 Å². The van der Waals surface area contributed by atoms with Crippen LogP contribution in [0.25, 0.3) is 0 Å². The number of urea groups is 1. The Morgan fingerprint density at radius 1 is 0.947 bits per heavy atom. The number of amides is 5. The highest BCUT2D eigenvalue weighted by Crippen LogP contribution is 2.39. The number of ether oxygens (including phenoxy) is 1. The predicted octanol–water partition coefficient (Wildman–Crippen LogP) is 5.87. The molecule has 57 heavy (non-hydrogen) atoms. The lowest BCUT2D eigenvalue weighted by Crippen LogP contribution is -2.56. The number of hydrogen-bond donors (Lipinski definition) is 4. The number of nitrogens with zero attached hydrogens (tertiary/aromatic N) is 5. The molecule has 14 nitrogen and oxygen atoms in total. The monoisotopic (exact) mass is 785 g/mol. The molecular weight excluding hydrogens is 743 g/mol. The number of carbonyl (C=O) groups excluding carboxylic acids is 4. The second-order valence-electron chi connectivity index (χ2n) is 14.1. The molecule has 4 heterocycles. The molecule has 3 aromatic carbocycles. The minimum Gasteiger partial charge on any atom is -0.494 e. The summed E-state index contributed by atoms with van der Waals surface area (Å²) in [7, 11) is 5.05. The molecule has 17 heteroatoms. The fourth-order valence-electron chi connectivity index (χ4n) is 7.46. The largest absolute Gasteiger partial charge is 0.494 e. The summed E-state index contributed by atoms with van der Waals surface area (Å²) in [5, 5.41) is 13.3. The molecule has 1 aromatic heterocycles. The molecule has 0 radical (unpaired) electrons. The van der Waals surface area contributed by atoms with Crippen molar-refractivity contribution in [3.63, 3.8) is 0 Å². The van der Waals surface area contributed by atoms with Crippen molar-refractivity contribution in [2.75, 3.05) is 56.4 Å². The number of hydrazine groups is 1. The van der Waals surface area contributed by atoms with Crippen molar-refractivity contribution in [2.24, 2.45) is 0 Å². The third kappa shape index (κ3) is 8.28. The number of para-hydroxylation sites is 1. The number of hydrogen-bond acceptors (Lipinski definition) is 10. The summed E-state index contributed by atoms with van der Waals surface area (Å²) in [5.41, 5.74) is 3.01. The quantitative estimate of drug-likeness (QED) is 0.145. The zero-order chi connectivity index (χ0) is 40.4. The Balaban J connectivity index is 0.981. The second kappa shape index (κ2) is 16.0. The fraction of sp³-hybridized carbons (Fsp3) is 0.325. The number of nitrogens with one attached hydrogen (secondary N) is 4. The zero-order valence-corrected chi connectivity index (χ0v) is 31.6. The van der Waals surface area contributed by atoms with Crippen molar-refractivity contribution in [2.45, 2.75) is 44.6 Å². The highest BCUT2D eigenvalue weighted by atomic mass is 19.4. The van der Waals surface area contributed by atoms with E-state index in [4.69, 9.17) is 4.74 Å². The maximum absolute atomic E-state index is 14.0. The lowest BCUT2D eigenvalue weighted by atomic mass is 10.0. The van der Waals surface area contributed by atoms with Crippen LogP contribution >= 0.6 is 0 Å².